The van der Waals surface area contributed by atoms with E-state index in [1.54, 1.807) is 0 Å². The Bertz CT molecular complexity index is 333. The zero-order valence-corrected chi connectivity index (χ0v) is 9.15. The van der Waals surface area contributed by atoms with Crippen LogP contribution in [0.15, 0.2) is 12.1 Å². The standard InChI is InChI=1S/C10H13F2NO.ClH/c1-2-3-8(13)6-4-5-7(11)9(12)10(6)14;/h4-5,8,14H,2-3,13H2,1H3;1H/t8-;/m1./s1. The first-order valence-electron chi connectivity index (χ1n) is 4.50. The first-order chi connectivity index (χ1) is 6.57. The molecule has 0 aromatic heterocycles. The summed E-state index contributed by atoms with van der Waals surface area (Å²) in [7, 11) is 0. The zero-order valence-electron chi connectivity index (χ0n) is 8.34. The predicted molar refractivity (Wildman–Crippen MR) is 57.1 cm³/mol. The molecule has 0 heterocycles. The molecule has 15 heavy (non-hydrogen) atoms. The molecule has 1 aromatic rings. The lowest BCUT2D eigenvalue weighted by Crippen LogP contribution is -2.10. The Morgan fingerprint density at radius 3 is 2.53 bits per heavy atom. The van der Waals surface area contributed by atoms with E-state index in [-0.39, 0.29) is 18.0 Å². The number of benzene rings is 1. The SMILES string of the molecule is CCC[C@@H](N)c1ccc(F)c(F)c1O.Cl. The zero-order chi connectivity index (χ0) is 10.7. The summed E-state index contributed by atoms with van der Waals surface area (Å²) >= 11 is 0. The molecular weight excluding hydrogens is 224 g/mol. The third-order valence-electron chi connectivity index (χ3n) is 2.10. The van der Waals surface area contributed by atoms with E-state index in [0.29, 0.717) is 6.42 Å². The lowest BCUT2D eigenvalue weighted by Gasteiger charge is -2.12. The molecule has 0 aliphatic carbocycles. The predicted octanol–water partition coefficient (Wildman–Crippen LogP) is 2.89. The fourth-order valence-electron chi connectivity index (χ4n) is 1.32. The first kappa shape index (κ1) is 14.1. The van der Waals surface area contributed by atoms with E-state index >= 15 is 0 Å². The molecule has 5 heteroatoms. The minimum atomic E-state index is -1.23. The molecule has 0 aliphatic heterocycles. The number of phenols is 1. The Kier molecular flexibility index (Phi) is 5.54. The van der Waals surface area contributed by atoms with Gasteiger partial charge in [0.05, 0.1) is 0 Å². The highest BCUT2D eigenvalue weighted by Gasteiger charge is 2.16. The molecule has 0 aliphatic rings. The van der Waals surface area contributed by atoms with Gasteiger partial charge in [-0.05, 0) is 12.5 Å². The Hall–Kier alpha value is -0.870. The molecule has 0 bridgehead atoms. The quantitative estimate of drug-likeness (QED) is 0.849. The lowest BCUT2D eigenvalue weighted by molar-refractivity contribution is 0.395. The van der Waals surface area contributed by atoms with Crippen molar-refractivity contribution in [3.8, 4) is 5.75 Å². The molecule has 0 amide bonds. The first-order valence-corrected chi connectivity index (χ1v) is 4.50. The maximum Gasteiger partial charge on any atom is 0.200 e. The molecule has 86 valence electrons. The van der Waals surface area contributed by atoms with Crippen LogP contribution < -0.4 is 5.73 Å². The van der Waals surface area contributed by atoms with Gasteiger partial charge in [0.25, 0.3) is 0 Å². The van der Waals surface area contributed by atoms with Gasteiger partial charge in [0, 0.05) is 11.6 Å². The molecule has 1 aromatic carbocycles. The van der Waals surface area contributed by atoms with Crippen molar-refractivity contribution in [2.45, 2.75) is 25.8 Å². The van der Waals surface area contributed by atoms with Gasteiger partial charge in [0.1, 0.15) is 0 Å². The minimum absolute atomic E-state index is 0. The van der Waals surface area contributed by atoms with E-state index < -0.39 is 23.4 Å². The Labute approximate surface area is 93.5 Å². The summed E-state index contributed by atoms with van der Waals surface area (Å²) in [5.41, 5.74) is 5.93. The summed E-state index contributed by atoms with van der Waals surface area (Å²) in [6.45, 7) is 1.93. The fourth-order valence-corrected chi connectivity index (χ4v) is 1.32. The normalized spacial score (nSPS) is 12.0. The van der Waals surface area contributed by atoms with Crippen molar-refractivity contribution in [2.75, 3.05) is 0 Å². The molecule has 0 saturated carbocycles. The number of rotatable bonds is 3. The number of aromatic hydroxyl groups is 1. The highest BCUT2D eigenvalue weighted by atomic mass is 35.5. The summed E-state index contributed by atoms with van der Waals surface area (Å²) in [6, 6.07) is 1.84. The number of phenolic OH excluding ortho intramolecular Hbond substituents is 1. The van der Waals surface area contributed by atoms with Crippen molar-refractivity contribution in [3.05, 3.63) is 29.3 Å². The van der Waals surface area contributed by atoms with E-state index in [4.69, 9.17) is 5.73 Å². The van der Waals surface area contributed by atoms with E-state index in [2.05, 4.69) is 0 Å². The highest BCUT2D eigenvalue weighted by Crippen LogP contribution is 2.29. The Morgan fingerprint density at radius 2 is 2.00 bits per heavy atom. The van der Waals surface area contributed by atoms with Crippen LogP contribution in [-0.2, 0) is 0 Å². The van der Waals surface area contributed by atoms with Gasteiger partial charge in [-0.15, -0.1) is 12.4 Å². The van der Waals surface area contributed by atoms with E-state index in [9.17, 15) is 13.9 Å². The van der Waals surface area contributed by atoms with Crippen molar-refractivity contribution in [1.82, 2.24) is 0 Å². The molecule has 3 N–H and O–H groups in total. The van der Waals surface area contributed by atoms with Crippen LogP contribution >= 0.6 is 12.4 Å². The summed E-state index contributed by atoms with van der Waals surface area (Å²) in [4.78, 5) is 0. The van der Waals surface area contributed by atoms with Crippen molar-refractivity contribution >= 4 is 12.4 Å². The van der Waals surface area contributed by atoms with Gasteiger partial charge in [-0.25, -0.2) is 4.39 Å². The molecule has 1 atom stereocenters. The van der Waals surface area contributed by atoms with Crippen LogP contribution in [0.1, 0.15) is 31.4 Å². The van der Waals surface area contributed by atoms with Crippen LogP contribution in [0.3, 0.4) is 0 Å². The van der Waals surface area contributed by atoms with Gasteiger partial charge in [0.15, 0.2) is 11.6 Å². The highest BCUT2D eigenvalue weighted by molar-refractivity contribution is 5.85. The van der Waals surface area contributed by atoms with Crippen molar-refractivity contribution in [1.29, 1.82) is 0 Å². The van der Waals surface area contributed by atoms with E-state index in [1.807, 2.05) is 6.92 Å². The van der Waals surface area contributed by atoms with E-state index in [0.717, 1.165) is 12.5 Å². The smallest absolute Gasteiger partial charge is 0.200 e. The van der Waals surface area contributed by atoms with Crippen molar-refractivity contribution in [3.63, 3.8) is 0 Å². The fraction of sp³-hybridized carbons (Fsp3) is 0.400. The average molecular weight is 238 g/mol. The third kappa shape index (κ3) is 3.04. The number of hydrogen-bond acceptors (Lipinski definition) is 2. The maximum atomic E-state index is 12.9. The summed E-state index contributed by atoms with van der Waals surface area (Å²) < 4.78 is 25.5. The Morgan fingerprint density at radius 1 is 1.40 bits per heavy atom. The molecule has 0 spiro atoms. The average Bonchev–Trinajstić information content (AvgIpc) is 2.15. The number of halogens is 3. The maximum absolute atomic E-state index is 12.9. The van der Waals surface area contributed by atoms with Crippen LogP contribution in [-0.4, -0.2) is 5.11 Å². The second kappa shape index (κ2) is 5.88. The molecule has 0 radical (unpaired) electrons. The molecule has 0 unspecified atom stereocenters. The molecule has 0 fully saturated rings. The number of nitrogens with two attached hydrogens (primary N) is 1. The topological polar surface area (TPSA) is 46.2 Å². The van der Waals surface area contributed by atoms with Gasteiger partial charge in [-0.2, -0.15) is 4.39 Å². The van der Waals surface area contributed by atoms with Crippen LogP contribution in [0.2, 0.25) is 0 Å². The molecule has 2 nitrogen and oxygen atoms in total. The van der Waals surface area contributed by atoms with Gasteiger partial charge in [-0.3, -0.25) is 0 Å². The second-order valence-corrected chi connectivity index (χ2v) is 3.19. The summed E-state index contributed by atoms with van der Waals surface area (Å²) in [6.07, 6.45) is 1.44. The van der Waals surface area contributed by atoms with Gasteiger partial charge >= 0.3 is 0 Å². The van der Waals surface area contributed by atoms with Gasteiger partial charge in [-0.1, -0.05) is 19.4 Å². The molecule has 0 saturated heterocycles. The van der Waals surface area contributed by atoms with Gasteiger partial charge in [0.2, 0.25) is 5.82 Å². The second-order valence-electron chi connectivity index (χ2n) is 3.19. The van der Waals surface area contributed by atoms with E-state index in [1.165, 1.54) is 6.07 Å². The number of hydrogen-bond donors (Lipinski definition) is 2. The van der Waals surface area contributed by atoms with Crippen LogP contribution in [0, 0.1) is 11.6 Å². The molecule has 1 rings (SSSR count). The van der Waals surface area contributed by atoms with Crippen molar-refractivity contribution in [2.24, 2.45) is 5.73 Å². The van der Waals surface area contributed by atoms with Crippen molar-refractivity contribution < 1.29 is 13.9 Å². The molecular formula is C10H14ClF2NO. The van der Waals surface area contributed by atoms with Crippen LogP contribution in [0.5, 0.6) is 5.75 Å². The largest absolute Gasteiger partial charge is 0.505 e. The van der Waals surface area contributed by atoms with Crippen LogP contribution in [0.25, 0.3) is 0 Å². The minimum Gasteiger partial charge on any atom is -0.505 e. The lowest BCUT2D eigenvalue weighted by atomic mass is 10.0. The summed E-state index contributed by atoms with van der Waals surface area (Å²) in [5, 5.41) is 9.28. The third-order valence-corrected chi connectivity index (χ3v) is 2.10. The van der Waals surface area contributed by atoms with Crippen LogP contribution in [0.4, 0.5) is 8.78 Å². The monoisotopic (exact) mass is 237 g/mol. The Balaban J connectivity index is 0.00000196. The summed E-state index contributed by atoms with van der Waals surface area (Å²) in [5.74, 6) is -2.96. The van der Waals surface area contributed by atoms with Gasteiger partial charge < -0.3 is 10.8 Å².